The Morgan fingerprint density at radius 2 is 1.85 bits per heavy atom. The zero-order valence-corrected chi connectivity index (χ0v) is 9.19. The van der Waals surface area contributed by atoms with Gasteiger partial charge in [0, 0.05) is 39.4 Å². The van der Waals surface area contributed by atoms with E-state index in [0.29, 0.717) is 5.41 Å². The summed E-state index contributed by atoms with van der Waals surface area (Å²) in [6, 6.07) is 0. The average Bonchev–Trinajstić information content (AvgIpc) is 2.04. The van der Waals surface area contributed by atoms with Crippen molar-refractivity contribution < 1.29 is 0 Å². The van der Waals surface area contributed by atoms with Crippen LogP contribution in [0.1, 0.15) is 20.8 Å². The van der Waals surface area contributed by atoms with Gasteiger partial charge in [0.25, 0.3) is 0 Å². The summed E-state index contributed by atoms with van der Waals surface area (Å²) in [6.45, 7) is 13.5. The Bertz CT molecular complexity index is 134. The van der Waals surface area contributed by atoms with Crippen molar-refractivity contribution >= 4 is 0 Å². The van der Waals surface area contributed by atoms with Crippen molar-refractivity contribution in [2.24, 2.45) is 5.41 Å². The number of hydrogen-bond acceptors (Lipinski definition) is 3. The van der Waals surface area contributed by atoms with Crippen molar-refractivity contribution in [1.29, 1.82) is 0 Å². The van der Waals surface area contributed by atoms with E-state index in [-0.39, 0.29) is 0 Å². The van der Waals surface area contributed by atoms with Crippen LogP contribution in [0.25, 0.3) is 0 Å². The van der Waals surface area contributed by atoms with Gasteiger partial charge in [-0.15, -0.1) is 0 Å². The van der Waals surface area contributed by atoms with Gasteiger partial charge in [0.15, 0.2) is 0 Å². The van der Waals surface area contributed by atoms with E-state index in [1.165, 1.54) is 13.1 Å². The van der Waals surface area contributed by atoms with Crippen molar-refractivity contribution in [3.8, 4) is 0 Å². The van der Waals surface area contributed by atoms with Gasteiger partial charge in [0.1, 0.15) is 0 Å². The molecule has 0 amide bonds. The normalized spacial score (nSPS) is 20.5. The Balaban J connectivity index is 2.04. The average molecular weight is 185 g/mol. The van der Waals surface area contributed by atoms with Crippen molar-refractivity contribution in [2.75, 3.05) is 39.4 Å². The van der Waals surface area contributed by atoms with Gasteiger partial charge >= 0.3 is 0 Å². The van der Waals surface area contributed by atoms with E-state index >= 15 is 0 Å². The minimum atomic E-state index is 0.397. The molecule has 1 aliphatic rings. The van der Waals surface area contributed by atoms with Crippen molar-refractivity contribution in [2.45, 2.75) is 20.8 Å². The molecular formula is C10H23N3. The molecule has 1 fully saturated rings. The summed E-state index contributed by atoms with van der Waals surface area (Å²) < 4.78 is 0. The molecule has 3 heteroatoms. The predicted octanol–water partition coefficient (Wildman–Crippen LogP) is 0.485. The quantitative estimate of drug-likeness (QED) is 0.670. The van der Waals surface area contributed by atoms with Gasteiger partial charge in [-0.1, -0.05) is 20.8 Å². The lowest BCUT2D eigenvalue weighted by Gasteiger charge is -2.29. The summed E-state index contributed by atoms with van der Waals surface area (Å²) in [5.41, 5.74) is 0.397. The molecule has 1 saturated heterocycles. The third-order valence-corrected chi connectivity index (χ3v) is 2.20. The second-order valence-electron chi connectivity index (χ2n) is 5.01. The Labute approximate surface area is 81.9 Å². The Morgan fingerprint density at radius 1 is 1.23 bits per heavy atom. The fraction of sp³-hybridized carbons (Fsp3) is 1.00. The Kier molecular flexibility index (Phi) is 4.16. The molecule has 1 rings (SSSR count). The molecule has 13 heavy (non-hydrogen) atoms. The minimum absolute atomic E-state index is 0.397. The van der Waals surface area contributed by atoms with Crippen LogP contribution in [0, 0.1) is 5.41 Å². The third-order valence-electron chi connectivity index (χ3n) is 2.20. The first kappa shape index (κ1) is 11.0. The summed E-state index contributed by atoms with van der Waals surface area (Å²) >= 11 is 0. The molecule has 2 N–H and O–H groups in total. The zero-order valence-electron chi connectivity index (χ0n) is 9.19. The lowest BCUT2D eigenvalue weighted by molar-refractivity contribution is 0.211. The van der Waals surface area contributed by atoms with Crippen LogP contribution in [0.4, 0.5) is 0 Å². The van der Waals surface area contributed by atoms with E-state index in [9.17, 15) is 0 Å². The summed E-state index contributed by atoms with van der Waals surface area (Å²) in [7, 11) is 0. The highest BCUT2D eigenvalue weighted by molar-refractivity contribution is 4.69. The SMILES string of the molecule is CC(C)(C)CNCN1CCNCC1. The van der Waals surface area contributed by atoms with E-state index in [0.717, 1.165) is 26.3 Å². The summed E-state index contributed by atoms with van der Waals surface area (Å²) in [5, 5.41) is 6.85. The maximum absolute atomic E-state index is 3.49. The van der Waals surface area contributed by atoms with Gasteiger partial charge < -0.3 is 10.6 Å². The molecule has 0 spiro atoms. The molecule has 0 aromatic carbocycles. The molecule has 0 saturated carbocycles. The highest BCUT2D eigenvalue weighted by Gasteiger charge is 2.12. The maximum Gasteiger partial charge on any atom is 0.0481 e. The largest absolute Gasteiger partial charge is 0.314 e. The molecule has 0 atom stereocenters. The van der Waals surface area contributed by atoms with Gasteiger partial charge in [-0.25, -0.2) is 0 Å². The minimum Gasteiger partial charge on any atom is -0.314 e. The van der Waals surface area contributed by atoms with Crippen molar-refractivity contribution in [3.63, 3.8) is 0 Å². The van der Waals surface area contributed by atoms with E-state index < -0.39 is 0 Å². The fourth-order valence-electron chi connectivity index (χ4n) is 1.46. The van der Waals surface area contributed by atoms with Crippen molar-refractivity contribution in [1.82, 2.24) is 15.5 Å². The molecule has 0 aromatic rings. The molecule has 0 radical (unpaired) electrons. The van der Waals surface area contributed by atoms with E-state index in [4.69, 9.17) is 0 Å². The summed E-state index contributed by atoms with van der Waals surface area (Å²) in [4.78, 5) is 2.46. The van der Waals surface area contributed by atoms with Gasteiger partial charge in [0.05, 0.1) is 0 Å². The van der Waals surface area contributed by atoms with Crippen LogP contribution in [0.5, 0.6) is 0 Å². The van der Waals surface area contributed by atoms with Crippen LogP contribution >= 0.6 is 0 Å². The first-order valence-electron chi connectivity index (χ1n) is 5.22. The van der Waals surface area contributed by atoms with Gasteiger partial charge in [-0.2, -0.15) is 0 Å². The molecule has 1 heterocycles. The molecular weight excluding hydrogens is 162 g/mol. The van der Waals surface area contributed by atoms with Crippen LogP contribution in [0.15, 0.2) is 0 Å². The summed E-state index contributed by atoms with van der Waals surface area (Å²) in [6.07, 6.45) is 0. The van der Waals surface area contributed by atoms with Crippen LogP contribution in [0.3, 0.4) is 0 Å². The molecule has 0 aromatic heterocycles. The monoisotopic (exact) mass is 185 g/mol. The number of rotatable bonds is 3. The maximum atomic E-state index is 3.49. The van der Waals surface area contributed by atoms with Gasteiger partial charge in [-0.3, -0.25) is 4.90 Å². The number of hydrogen-bond donors (Lipinski definition) is 2. The van der Waals surface area contributed by atoms with Gasteiger partial charge in [-0.05, 0) is 5.41 Å². The standard InChI is InChI=1S/C10H23N3/c1-10(2,3)8-12-9-13-6-4-11-5-7-13/h11-12H,4-9H2,1-3H3. The smallest absolute Gasteiger partial charge is 0.0481 e. The Morgan fingerprint density at radius 3 is 2.38 bits per heavy atom. The van der Waals surface area contributed by atoms with E-state index in [2.05, 4.69) is 36.3 Å². The van der Waals surface area contributed by atoms with E-state index in [1.807, 2.05) is 0 Å². The molecule has 78 valence electrons. The molecule has 0 aliphatic carbocycles. The molecule has 3 nitrogen and oxygen atoms in total. The summed E-state index contributed by atoms with van der Waals surface area (Å²) in [5.74, 6) is 0. The van der Waals surface area contributed by atoms with Crippen LogP contribution in [-0.4, -0.2) is 44.3 Å². The lowest BCUT2D eigenvalue weighted by Crippen LogP contribution is -2.48. The fourth-order valence-corrected chi connectivity index (χ4v) is 1.46. The van der Waals surface area contributed by atoms with Crippen LogP contribution < -0.4 is 10.6 Å². The first-order chi connectivity index (χ1) is 6.08. The zero-order chi connectivity index (χ0) is 9.73. The van der Waals surface area contributed by atoms with Gasteiger partial charge in [0.2, 0.25) is 0 Å². The number of nitrogens with one attached hydrogen (secondary N) is 2. The first-order valence-corrected chi connectivity index (χ1v) is 5.22. The second kappa shape index (κ2) is 4.94. The van der Waals surface area contributed by atoms with Crippen LogP contribution in [0.2, 0.25) is 0 Å². The highest BCUT2D eigenvalue weighted by Crippen LogP contribution is 2.09. The molecule has 0 bridgehead atoms. The van der Waals surface area contributed by atoms with E-state index in [1.54, 1.807) is 0 Å². The van der Waals surface area contributed by atoms with Crippen molar-refractivity contribution in [3.05, 3.63) is 0 Å². The second-order valence-corrected chi connectivity index (χ2v) is 5.01. The molecule has 0 unspecified atom stereocenters. The topological polar surface area (TPSA) is 27.3 Å². The lowest BCUT2D eigenvalue weighted by atomic mass is 9.97. The van der Waals surface area contributed by atoms with Crippen LogP contribution in [-0.2, 0) is 0 Å². The number of nitrogens with zero attached hydrogens (tertiary/aromatic N) is 1. The number of piperazine rings is 1. The predicted molar refractivity (Wildman–Crippen MR) is 56.8 cm³/mol. The Hall–Kier alpha value is -0.120. The highest BCUT2D eigenvalue weighted by atomic mass is 15.3. The third kappa shape index (κ3) is 5.24. The molecule has 1 aliphatic heterocycles.